The highest BCUT2D eigenvalue weighted by molar-refractivity contribution is 8.93. The van der Waals surface area contributed by atoms with Crippen LogP contribution in [0, 0.1) is 0 Å². The first kappa shape index (κ1) is 11.1. The van der Waals surface area contributed by atoms with Crippen LogP contribution in [-0.2, 0) is 6.54 Å². The van der Waals surface area contributed by atoms with Gasteiger partial charge in [-0.25, -0.2) is 0 Å². The van der Waals surface area contributed by atoms with E-state index in [0.717, 1.165) is 12.1 Å². The summed E-state index contributed by atoms with van der Waals surface area (Å²) in [5.74, 6) is 0. The van der Waals surface area contributed by atoms with E-state index in [4.69, 9.17) is 0 Å². The maximum atomic E-state index is 4.36. The van der Waals surface area contributed by atoms with Gasteiger partial charge in [0.2, 0.25) is 0 Å². The number of hydrogen-bond acceptors (Lipinski definition) is 2. The second-order valence-corrected chi connectivity index (χ2v) is 3.02. The monoisotopic (exact) mass is 252 g/mol. The standard InChI is InChI=1S/C11H12N2.BrH/c1-12-8-10-5-2-4-9-6-3-7-13-11(9)10;/h2-7,12H,8H2,1H3;1H. The average Bonchev–Trinajstić information content (AvgIpc) is 2.19. The van der Waals surface area contributed by atoms with Gasteiger partial charge in [0.05, 0.1) is 5.52 Å². The van der Waals surface area contributed by atoms with E-state index in [1.54, 1.807) is 0 Å². The highest BCUT2D eigenvalue weighted by Gasteiger charge is 1.98. The summed E-state index contributed by atoms with van der Waals surface area (Å²) in [6.07, 6.45) is 1.83. The normalized spacial score (nSPS) is 9.79. The van der Waals surface area contributed by atoms with E-state index in [9.17, 15) is 0 Å². The molecule has 0 unspecified atom stereocenters. The smallest absolute Gasteiger partial charge is 0.0746 e. The SMILES string of the molecule is Br.CNCc1cccc2cccnc12. The number of hydrogen-bond donors (Lipinski definition) is 1. The van der Waals surface area contributed by atoms with Crippen molar-refractivity contribution in [3.63, 3.8) is 0 Å². The molecule has 0 fully saturated rings. The lowest BCUT2D eigenvalue weighted by Gasteiger charge is -2.03. The molecule has 3 heteroatoms. The van der Waals surface area contributed by atoms with Crippen molar-refractivity contribution < 1.29 is 0 Å². The predicted molar refractivity (Wildman–Crippen MR) is 64.8 cm³/mol. The fraction of sp³-hybridized carbons (Fsp3) is 0.182. The number of rotatable bonds is 2. The third-order valence-corrected chi connectivity index (χ3v) is 2.08. The van der Waals surface area contributed by atoms with Gasteiger partial charge in [-0.2, -0.15) is 0 Å². The second kappa shape index (κ2) is 5.08. The Morgan fingerprint density at radius 3 is 2.79 bits per heavy atom. The molecule has 0 aliphatic rings. The highest BCUT2D eigenvalue weighted by Crippen LogP contribution is 2.15. The largest absolute Gasteiger partial charge is 0.316 e. The minimum atomic E-state index is 0. The van der Waals surface area contributed by atoms with E-state index in [2.05, 4.69) is 34.6 Å². The molecular formula is C11H13BrN2. The molecule has 0 atom stereocenters. The number of pyridine rings is 1. The van der Waals surface area contributed by atoms with Gasteiger partial charge in [0, 0.05) is 18.1 Å². The van der Waals surface area contributed by atoms with Crippen LogP contribution in [0.4, 0.5) is 0 Å². The molecule has 2 nitrogen and oxygen atoms in total. The molecule has 0 bridgehead atoms. The van der Waals surface area contributed by atoms with Crippen molar-refractivity contribution in [2.75, 3.05) is 7.05 Å². The summed E-state index contributed by atoms with van der Waals surface area (Å²) >= 11 is 0. The number of nitrogens with one attached hydrogen (secondary N) is 1. The van der Waals surface area contributed by atoms with Crippen LogP contribution < -0.4 is 5.32 Å². The Hall–Kier alpha value is -0.930. The molecule has 1 aromatic heterocycles. The summed E-state index contributed by atoms with van der Waals surface area (Å²) in [5.41, 5.74) is 2.35. The molecule has 0 saturated carbocycles. The molecule has 1 aromatic carbocycles. The van der Waals surface area contributed by atoms with Crippen molar-refractivity contribution >= 4 is 27.9 Å². The van der Waals surface area contributed by atoms with Crippen LogP contribution in [0.15, 0.2) is 36.5 Å². The second-order valence-electron chi connectivity index (χ2n) is 3.02. The first-order valence-corrected chi connectivity index (χ1v) is 4.39. The zero-order valence-electron chi connectivity index (χ0n) is 8.03. The molecule has 0 spiro atoms. The quantitative estimate of drug-likeness (QED) is 0.889. The Morgan fingerprint density at radius 1 is 1.21 bits per heavy atom. The van der Waals surface area contributed by atoms with Gasteiger partial charge < -0.3 is 5.32 Å². The van der Waals surface area contributed by atoms with Crippen molar-refractivity contribution in [3.05, 3.63) is 42.1 Å². The molecule has 0 radical (unpaired) electrons. The fourth-order valence-corrected chi connectivity index (χ4v) is 1.50. The maximum absolute atomic E-state index is 4.36. The Bertz CT molecular complexity index is 409. The van der Waals surface area contributed by atoms with E-state index < -0.39 is 0 Å². The minimum absolute atomic E-state index is 0. The van der Waals surface area contributed by atoms with Gasteiger partial charge in [0.15, 0.2) is 0 Å². The zero-order valence-corrected chi connectivity index (χ0v) is 9.74. The Kier molecular flexibility index (Phi) is 4.04. The van der Waals surface area contributed by atoms with Gasteiger partial charge in [-0.15, -0.1) is 17.0 Å². The molecule has 14 heavy (non-hydrogen) atoms. The molecule has 0 saturated heterocycles. The lowest BCUT2D eigenvalue weighted by atomic mass is 10.1. The van der Waals surface area contributed by atoms with Crippen molar-refractivity contribution in [2.24, 2.45) is 0 Å². The summed E-state index contributed by atoms with van der Waals surface area (Å²) in [6, 6.07) is 10.3. The predicted octanol–water partition coefficient (Wildman–Crippen LogP) is 2.53. The van der Waals surface area contributed by atoms with E-state index in [-0.39, 0.29) is 17.0 Å². The zero-order chi connectivity index (χ0) is 9.10. The lowest BCUT2D eigenvalue weighted by molar-refractivity contribution is 0.822. The fourth-order valence-electron chi connectivity index (χ4n) is 1.50. The summed E-state index contributed by atoms with van der Waals surface area (Å²) < 4.78 is 0. The Labute approximate surface area is 94.1 Å². The number of halogens is 1. The third kappa shape index (κ3) is 2.11. The van der Waals surface area contributed by atoms with E-state index in [1.807, 2.05) is 19.3 Å². The molecule has 2 rings (SSSR count). The Balaban J connectivity index is 0.000000980. The summed E-state index contributed by atoms with van der Waals surface area (Å²) in [4.78, 5) is 4.36. The number of aromatic nitrogens is 1. The van der Waals surface area contributed by atoms with E-state index in [0.29, 0.717) is 0 Å². The van der Waals surface area contributed by atoms with Crippen LogP contribution in [0.5, 0.6) is 0 Å². The van der Waals surface area contributed by atoms with Gasteiger partial charge >= 0.3 is 0 Å². The molecule has 1 heterocycles. The van der Waals surface area contributed by atoms with Gasteiger partial charge in [0.1, 0.15) is 0 Å². The third-order valence-electron chi connectivity index (χ3n) is 2.08. The van der Waals surface area contributed by atoms with E-state index >= 15 is 0 Å². The van der Waals surface area contributed by atoms with E-state index in [1.165, 1.54) is 10.9 Å². The van der Waals surface area contributed by atoms with Gasteiger partial charge in [-0.1, -0.05) is 24.3 Å². The van der Waals surface area contributed by atoms with Crippen LogP contribution in [0.1, 0.15) is 5.56 Å². The molecule has 0 aliphatic heterocycles. The summed E-state index contributed by atoms with van der Waals surface area (Å²) in [6.45, 7) is 0.869. The molecule has 0 amide bonds. The molecule has 0 aliphatic carbocycles. The van der Waals surface area contributed by atoms with Crippen molar-refractivity contribution in [1.29, 1.82) is 0 Å². The van der Waals surface area contributed by atoms with Gasteiger partial charge in [-0.05, 0) is 18.7 Å². The molecule has 74 valence electrons. The minimum Gasteiger partial charge on any atom is -0.316 e. The number of para-hydroxylation sites is 1. The molecular weight excluding hydrogens is 240 g/mol. The first-order chi connectivity index (χ1) is 6.42. The van der Waals surface area contributed by atoms with Crippen LogP contribution in [-0.4, -0.2) is 12.0 Å². The summed E-state index contributed by atoms with van der Waals surface area (Å²) in [5, 5.41) is 4.34. The highest BCUT2D eigenvalue weighted by atomic mass is 79.9. The Morgan fingerprint density at radius 2 is 2.00 bits per heavy atom. The lowest BCUT2D eigenvalue weighted by Crippen LogP contribution is -2.05. The van der Waals surface area contributed by atoms with Crippen LogP contribution in [0.2, 0.25) is 0 Å². The number of nitrogens with zero attached hydrogens (tertiary/aromatic N) is 1. The van der Waals surface area contributed by atoms with Crippen molar-refractivity contribution in [3.8, 4) is 0 Å². The summed E-state index contributed by atoms with van der Waals surface area (Å²) in [7, 11) is 1.95. The number of fused-ring (bicyclic) bond motifs is 1. The topological polar surface area (TPSA) is 24.9 Å². The van der Waals surface area contributed by atoms with Gasteiger partial charge in [-0.3, -0.25) is 4.98 Å². The van der Waals surface area contributed by atoms with Crippen LogP contribution in [0.3, 0.4) is 0 Å². The van der Waals surface area contributed by atoms with Crippen molar-refractivity contribution in [1.82, 2.24) is 10.3 Å². The molecule has 1 N–H and O–H groups in total. The van der Waals surface area contributed by atoms with Crippen LogP contribution in [0.25, 0.3) is 10.9 Å². The maximum Gasteiger partial charge on any atom is 0.0746 e. The van der Waals surface area contributed by atoms with Crippen LogP contribution >= 0.6 is 17.0 Å². The molecule has 2 aromatic rings. The van der Waals surface area contributed by atoms with Gasteiger partial charge in [0.25, 0.3) is 0 Å². The first-order valence-electron chi connectivity index (χ1n) is 4.39. The number of benzene rings is 1. The van der Waals surface area contributed by atoms with Crippen molar-refractivity contribution in [2.45, 2.75) is 6.54 Å². The average molecular weight is 253 g/mol.